The van der Waals surface area contributed by atoms with Crippen LogP contribution in [-0.2, 0) is 16.8 Å². The molecule has 3 rings (SSSR count). The third-order valence-corrected chi connectivity index (χ3v) is 6.71. The molecule has 2 aromatic rings. The maximum atomic E-state index is 12.7. The van der Waals surface area contributed by atoms with Crippen molar-refractivity contribution in [2.45, 2.75) is 92.3 Å². The Kier molecular flexibility index (Phi) is 6.25. The van der Waals surface area contributed by atoms with Crippen LogP contribution in [0.15, 0.2) is 30.3 Å². The molecule has 1 amide bonds. The van der Waals surface area contributed by atoms with E-state index in [0.717, 1.165) is 33.7 Å². The lowest BCUT2D eigenvalue weighted by atomic mass is 9.76. The lowest BCUT2D eigenvalue weighted by molar-refractivity contribution is -0.117. The lowest BCUT2D eigenvalue weighted by Gasteiger charge is -2.35. The monoisotopic (exact) mass is 437 g/mol. The molecule has 0 bridgehead atoms. The van der Waals surface area contributed by atoms with Crippen LogP contribution in [0.3, 0.4) is 0 Å². The number of hydrogen-bond donors (Lipinski definition) is 2. The molecule has 4 nitrogen and oxygen atoms in total. The van der Waals surface area contributed by atoms with Gasteiger partial charge >= 0.3 is 0 Å². The van der Waals surface area contributed by atoms with Crippen LogP contribution in [-0.4, -0.2) is 16.6 Å². The van der Waals surface area contributed by atoms with Crippen LogP contribution in [0.1, 0.15) is 88.6 Å². The second-order valence-electron chi connectivity index (χ2n) is 11.4. The molecule has 32 heavy (non-hydrogen) atoms. The predicted molar refractivity (Wildman–Crippen MR) is 131 cm³/mol. The molecule has 0 radical (unpaired) electrons. The van der Waals surface area contributed by atoms with Gasteiger partial charge in [-0.2, -0.15) is 0 Å². The van der Waals surface area contributed by atoms with Crippen LogP contribution >= 0.6 is 0 Å². The number of ether oxygens (including phenoxy) is 1. The van der Waals surface area contributed by atoms with Crippen LogP contribution in [0.2, 0.25) is 0 Å². The Balaban J connectivity index is 2.01. The van der Waals surface area contributed by atoms with Crippen LogP contribution < -0.4 is 10.1 Å². The molecule has 1 aliphatic rings. The van der Waals surface area contributed by atoms with Gasteiger partial charge in [-0.05, 0) is 67.3 Å². The number of rotatable bonds is 5. The maximum Gasteiger partial charge on any atom is 0.224 e. The van der Waals surface area contributed by atoms with E-state index in [1.807, 2.05) is 54.5 Å². The number of carbonyl (C=O) groups is 1. The molecule has 0 saturated heterocycles. The summed E-state index contributed by atoms with van der Waals surface area (Å²) in [6, 6.07) is 10.4. The first-order chi connectivity index (χ1) is 14.6. The van der Waals surface area contributed by atoms with Crippen molar-refractivity contribution in [3.63, 3.8) is 0 Å². The van der Waals surface area contributed by atoms with E-state index in [2.05, 4.69) is 43.4 Å². The van der Waals surface area contributed by atoms with Crippen molar-refractivity contribution in [2.75, 3.05) is 5.32 Å². The first-order valence-corrected chi connectivity index (χ1v) is 11.6. The zero-order valence-corrected chi connectivity index (χ0v) is 21.1. The summed E-state index contributed by atoms with van der Waals surface area (Å²) < 4.78 is 6.33. The molecule has 174 valence electrons. The van der Waals surface area contributed by atoms with Gasteiger partial charge < -0.3 is 15.2 Å². The number of hydrogen-bond acceptors (Lipinski definition) is 3. The summed E-state index contributed by atoms with van der Waals surface area (Å²) in [6.07, 6.45) is 0.861. The SMILES string of the molecule is Cc1c(NC(=O)CC(C)(C)C)cc2c(c1C)OC(C)(C)C2(O)Cc1ccc(C(C)C)cc1. The number of fused-ring (bicyclic) bond motifs is 1. The highest BCUT2D eigenvalue weighted by molar-refractivity contribution is 5.92. The highest BCUT2D eigenvalue weighted by atomic mass is 16.5. The summed E-state index contributed by atoms with van der Waals surface area (Å²) in [5, 5.41) is 15.1. The smallest absolute Gasteiger partial charge is 0.224 e. The summed E-state index contributed by atoms with van der Waals surface area (Å²) in [5.41, 5.74) is 3.60. The van der Waals surface area contributed by atoms with Crippen molar-refractivity contribution >= 4 is 11.6 Å². The summed E-state index contributed by atoms with van der Waals surface area (Å²) in [7, 11) is 0. The van der Waals surface area contributed by atoms with Crippen molar-refractivity contribution < 1.29 is 14.6 Å². The number of nitrogens with one attached hydrogen (secondary N) is 1. The number of anilines is 1. The van der Waals surface area contributed by atoms with E-state index in [0.29, 0.717) is 18.8 Å². The molecule has 0 spiro atoms. The first kappa shape index (κ1) is 24.3. The highest BCUT2D eigenvalue weighted by Gasteiger charge is 2.54. The minimum atomic E-state index is -1.22. The maximum absolute atomic E-state index is 12.7. The second-order valence-corrected chi connectivity index (χ2v) is 11.4. The third-order valence-electron chi connectivity index (χ3n) is 6.71. The van der Waals surface area contributed by atoms with Gasteiger partial charge in [0.2, 0.25) is 5.91 Å². The third kappa shape index (κ3) is 4.56. The van der Waals surface area contributed by atoms with E-state index in [4.69, 9.17) is 4.74 Å². The van der Waals surface area contributed by atoms with Crippen LogP contribution in [0.5, 0.6) is 5.75 Å². The van der Waals surface area contributed by atoms with Crippen molar-refractivity contribution in [3.8, 4) is 5.75 Å². The molecule has 1 unspecified atom stereocenters. The molecule has 0 saturated carbocycles. The molecule has 0 aromatic heterocycles. The van der Waals surface area contributed by atoms with Gasteiger partial charge in [0.05, 0.1) is 0 Å². The fraction of sp³-hybridized carbons (Fsp3) is 0.536. The van der Waals surface area contributed by atoms with Gasteiger partial charge in [0.15, 0.2) is 0 Å². The van der Waals surface area contributed by atoms with E-state index >= 15 is 0 Å². The van der Waals surface area contributed by atoms with E-state index in [1.165, 1.54) is 5.56 Å². The zero-order valence-electron chi connectivity index (χ0n) is 21.1. The molecule has 0 aliphatic carbocycles. The fourth-order valence-corrected chi connectivity index (χ4v) is 4.42. The van der Waals surface area contributed by atoms with Gasteiger partial charge in [0.25, 0.3) is 0 Å². The largest absolute Gasteiger partial charge is 0.484 e. The Morgan fingerprint density at radius 1 is 1.09 bits per heavy atom. The zero-order chi connectivity index (χ0) is 24.1. The quantitative estimate of drug-likeness (QED) is 0.569. The molecular weight excluding hydrogens is 398 g/mol. The van der Waals surface area contributed by atoms with Gasteiger partial charge in [-0.1, -0.05) is 58.9 Å². The van der Waals surface area contributed by atoms with Crippen LogP contribution in [0, 0.1) is 19.3 Å². The van der Waals surface area contributed by atoms with Gasteiger partial charge in [-0.25, -0.2) is 0 Å². The molecule has 2 aromatic carbocycles. The summed E-state index contributed by atoms with van der Waals surface area (Å²) in [6.45, 7) is 18.3. The molecule has 0 fully saturated rings. The molecule has 4 heteroatoms. The van der Waals surface area contributed by atoms with Crippen molar-refractivity contribution in [1.82, 2.24) is 0 Å². The van der Waals surface area contributed by atoms with Crippen molar-refractivity contribution in [3.05, 3.63) is 58.1 Å². The van der Waals surface area contributed by atoms with Gasteiger partial charge in [0, 0.05) is 24.1 Å². The lowest BCUT2D eigenvalue weighted by Crippen LogP contribution is -2.48. The van der Waals surface area contributed by atoms with E-state index < -0.39 is 11.2 Å². The molecule has 1 aliphatic heterocycles. The highest BCUT2D eigenvalue weighted by Crippen LogP contribution is 2.52. The Bertz CT molecular complexity index is 1010. The summed E-state index contributed by atoms with van der Waals surface area (Å²) >= 11 is 0. The van der Waals surface area contributed by atoms with Crippen LogP contribution in [0.4, 0.5) is 5.69 Å². The van der Waals surface area contributed by atoms with E-state index in [9.17, 15) is 9.90 Å². The number of carbonyl (C=O) groups excluding carboxylic acids is 1. The van der Waals surface area contributed by atoms with E-state index in [-0.39, 0.29) is 11.3 Å². The second kappa shape index (κ2) is 8.22. The topological polar surface area (TPSA) is 58.6 Å². The molecule has 1 heterocycles. The van der Waals surface area contributed by atoms with Gasteiger partial charge in [0.1, 0.15) is 17.0 Å². The Morgan fingerprint density at radius 3 is 2.22 bits per heavy atom. The van der Waals surface area contributed by atoms with Crippen LogP contribution in [0.25, 0.3) is 0 Å². The average molecular weight is 438 g/mol. The van der Waals surface area contributed by atoms with Gasteiger partial charge in [-0.15, -0.1) is 0 Å². The predicted octanol–water partition coefficient (Wildman–Crippen LogP) is 6.40. The first-order valence-electron chi connectivity index (χ1n) is 11.6. The molecule has 2 N–H and O–H groups in total. The summed E-state index contributed by atoms with van der Waals surface area (Å²) in [5.74, 6) is 1.16. The number of aliphatic hydroxyl groups is 1. The Morgan fingerprint density at radius 2 is 1.69 bits per heavy atom. The Labute approximate surface area is 193 Å². The van der Waals surface area contributed by atoms with Gasteiger partial charge in [-0.3, -0.25) is 4.79 Å². The van der Waals surface area contributed by atoms with Crippen molar-refractivity contribution in [2.24, 2.45) is 5.41 Å². The minimum Gasteiger partial charge on any atom is -0.484 e. The normalized spacial score (nSPS) is 19.6. The standard InChI is InChI=1S/C28H39NO3/c1-17(2)21-12-10-20(11-13-21)15-28(31)22-14-23(29-24(30)16-26(5,6)7)18(3)19(4)25(22)32-27(28,8)9/h10-14,17,31H,15-16H2,1-9H3,(H,29,30). The average Bonchev–Trinajstić information content (AvgIpc) is 2.85. The Hall–Kier alpha value is -2.33. The van der Waals surface area contributed by atoms with E-state index in [1.54, 1.807) is 0 Å². The number of amides is 1. The summed E-state index contributed by atoms with van der Waals surface area (Å²) in [4.78, 5) is 12.7. The van der Waals surface area contributed by atoms with Crippen molar-refractivity contribution in [1.29, 1.82) is 0 Å². The molecule has 1 atom stereocenters. The number of benzene rings is 2. The molecular formula is C28H39NO3. The minimum absolute atomic E-state index is 0.0223. The fourth-order valence-electron chi connectivity index (χ4n) is 4.42.